The van der Waals surface area contributed by atoms with Gasteiger partial charge in [-0.05, 0) is 38.0 Å². The summed E-state index contributed by atoms with van der Waals surface area (Å²) >= 11 is 3.39. The van der Waals surface area contributed by atoms with Gasteiger partial charge in [0.25, 0.3) is 0 Å². The standard InChI is InChI=1S/C15H21BrO3/c1-11(17)13-9-12(16)5-6-14(13)19-10-15(18)7-3-2-4-8-15/h5-6,9,11,17-18H,2-4,7-8,10H2,1H3/t11-/m1/s1. The second-order valence-corrected chi connectivity index (χ2v) is 6.35. The molecule has 1 atom stereocenters. The summed E-state index contributed by atoms with van der Waals surface area (Å²) < 4.78 is 6.67. The van der Waals surface area contributed by atoms with E-state index in [4.69, 9.17) is 4.74 Å². The van der Waals surface area contributed by atoms with Crippen molar-refractivity contribution < 1.29 is 14.9 Å². The molecule has 106 valence electrons. The fraction of sp³-hybridized carbons (Fsp3) is 0.600. The summed E-state index contributed by atoms with van der Waals surface area (Å²) in [5.74, 6) is 0.650. The lowest BCUT2D eigenvalue weighted by Crippen LogP contribution is -2.38. The van der Waals surface area contributed by atoms with Gasteiger partial charge >= 0.3 is 0 Å². The Morgan fingerprint density at radius 3 is 2.63 bits per heavy atom. The molecule has 1 aromatic rings. The van der Waals surface area contributed by atoms with E-state index in [0.717, 1.165) is 35.7 Å². The van der Waals surface area contributed by atoms with E-state index < -0.39 is 11.7 Å². The topological polar surface area (TPSA) is 49.7 Å². The Morgan fingerprint density at radius 1 is 1.32 bits per heavy atom. The van der Waals surface area contributed by atoms with Crippen LogP contribution in [0.3, 0.4) is 0 Å². The Bertz CT molecular complexity index is 425. The first-order chi connectivity index (χ1) is 9.00. The predicted molar refractivity (Wildman–Crippen MR) is 78.3 cm³/mol. The van der Waals surface area contributed by atoms with Gasteiger partial charge < -0.3 is 14.9 Å². The van der Waals surface area contributed by atoms with Gasteiger partial charge in [-0.2, -0.15) is 0 Å². The molecule has 1 aliphatic rings. The molecule has 0 radical (unpaired) electrons. The van der Waals surface area contributed by atoms with Crippen molar-refractivity contribution in [2.24, 2.45) is 0 Å². The molecule has 1 aliphatic carbocycles. The zero-order valence-corrected chi connectivity index (χ0v) is 12.8. The van der Waals surface area contributed by atoms with E-state index in [1.165, 1.54) is 6.42 Å². The maximum atomic E-state index is 10.4. The summed E-state index contributed by atoms with van der Waals surface area (Å²) in [6.07, 6.45) is 4.32. The Morgan fingerprint density at radius 2 is 2.00 bits per heavy atom. The minimum Gasteiger partial charge on any atom is -0.490 e. The van der Waals surface area contributed by atoms with Crippen LogP contribution < -0.4 is 4.74 Å². The van der Waals surface area contributed by atoms with E-state index >= 15 is 0 Å². The average molecular weight is 329 g/mol. The van der Waals surface area contributed by atoms with E-state index in [0.29, 0.717) is 12.4 Å². The highest BCUT2D eigenvalue weighted by Crippen LogP contribution is 2.32. The van der Waals surface area contributed by atoms with Gasteiger partial charge in [0.15, 0.2) is 0 Å². The van der Waals surface area contributed by atoms with Crippen LogP contribution in [0, 0.1) is 0 Å². The van der Waals surface area contributed by atoms with E-state index in [-0.39, 0.29) is 0 Å². The number of aliphatic hydroxyl groups is 2. The Hall–Kier alpha value is -0.580. The third-order valence-electron chi connectivity index (χ3n) is 3.70. The van der Waals surface area contributed by atoms with Crippen LogP contribution in [0.25, 0.3) is 0 Å². The van der Waals surface area contributed by atoms with Crippen LogP contribution in [-0.2, 0) is 0 Å². The van der Waals surface area contributed by atoms with Crippen molar-refractivity contribution in [2.75, 3.05) is 6.61 Å². The maximum absolute atomic E-state index is 10.4. The Kier molecular flexibility index (Phi) is 4.87. The van der Waals surface area contributed by atoms with Crippen LogP contribution in [0.1, 0.15) is 50.7 Å². The van der Waals surface area contributed by atoms with Crippen LogP contribution in [0.15, 0.2) is 22.7 Å². The summed E-state index contributed by atoms with van der Waals surface area (Å²) in [7, 11) is 0. The van der Waals surface area contributed by atoms with E-state index in [1.54, 1.807) is 6.92 Å². The van der Waals surface area contributed by atoms with Crippen molar-refractivity contribution in [3.63, 3.8) is 0 Å². The summed E-state index contributed by atoms with van der Waals surface area (Å²) in [4.78, 5) is 0. The molecule has 4 heteroatoms. The molecular formula is C15H21BrO3. The molecule has 1 aromatic carbocycles. The van der Waals surface area contributed by atoms with Gasteiger partial charge in [-0.3, -0.25) is 0 Å². The van der Waals surface area contributed by atoms with Crippen LogP contribution in [0.2, 0.25) is 0 Å². The highest BCUT2D eigenvalue weighted by atomic mass is 79.9. The maximum Gasteiger partial charge on any atom is 0.125 e. The van der Waals surface area contributed by atoms with Crippen molar-refractivity contribution in [2.45, 2.75) is 50.7 Å². The first-order valence-electron chi connectivity index (χ1n) is 6.83. The lowest BCUT2D eigenvalue weighted by Gasteiger charge is -2.32. The second-order valence-electron chi connectivity index (χ2n) is 5.43. The highest BCUT2D eigenvalue weighted by molar-refractivity contribution is 9.10. The Labute approximate surface area is 122 Å². The number of rotatable bonds is 4. The smallest absolute Gasteiger partial charge is 0.125 e. The largest absolute Gasteiger partial charge is 0.490 e. The quantitative estimate of drug-likeness (QED) is 0.888. The molecule has 2 rings (SSSR count). The number of hydrogen-bond donors (Lipinski definition) is 2. The first kappa shape index (κ1) is 14.8. The zero-order valence-electron chi connectivity index (χ0n) is 11.2. The monoisotopic (exact) mass is 328 g/mol. The van der Waals surface area contributed by atoms with Crippen molar-refractivity contribution in [3.8, 4) is 5.75 Å². The number of halogens is 1. The molecule has 1 saturated carbocycles. The van der Waals surface area contributed by atoms with Gasteiger partial charge in [0.05, 0.1) is 11.7 Å². The first-order valence-corrected chi connectivity index (χ1v) is 7.62. The molecule has 0 heterocycles. The van der Waals surface area contributed by atoms with Gasteiger partial charge in [0.2, 0.25) is 0 Å². The van der Waals surface area contributed by atoms with Gasteiger partial charge in [-0.1, -0.05) is 35.2 Å². The van der Waals surface area contributed by atoms with Crippen molar-refractivity contribution in [1.29, 1.82) is 0 Å². The summed E-state index contributed by atoms with van der Waals surface area (Å²) in [5, 5.41) is 20.2. The SMILES string of the molecule is C[C@@H](O)c1cc(Br)ccc1OCC1(O)CCCCC1. The van der Waals surface area contributed by atoms with E-state index in [1.807, 2.05) is 18.2 Å². The fourth-order valence-electron chi connectivity index (χ4n) is 2.54. The van der Waals surface area contributed by atoms with Gasteiger partial charge in [0, 0.05) is 10.0 Å². The summed E-state index contributed by atoms with van der Waals surface area (Å²) in [6.45, 7) is 2.01. The molecule has 0 unspecified atom stereocenters. The number of benzene rings is 1. The second kappa shape index (κ2) is 6.25. The number of hydrogen-bond acceptors (Lipinski definition) is 3. The lowest BCUT2D eigenvalue weighted by molar-refractivity contribution is -0.0345. The third kappa shape index (κ3) is 3.94. The van der Waals surface area contributed by atoms with E-state index in [9.17, 15) is 10.2 Å². The van der Waals surface area contributed by atoms with Gasteiger partial charge in [-0.15, -0.1) is 0 Å². The normalized spacial score (nSPS) is 20.0. The molecule has 1 fully saturated rings. The molecule has 2 N–H and O–H groups in total. The molecule has 0 aliphatic heterocycles. The number of aliphatic hydroxyl groups excluding tert-OH is 1. The zero-order chi connectivity index (χ0) is 13.9. The molecular weight excluding hydrogens is 308 g/mol. The minimum atomic E-state index is -0.707. The molecule has 0 bridgehead atoms. The van der Waals surface area contributed by atoms with Crippen molar-refractivity contribution in [3.05, 3.63) is 28.2 Å². The summed E-state index contributed by atoms with van der Waals surface area (Å²) in [5.41, 5.74) is 0.0372. The minimum absolute atomic E-state index is 0.300. The fourth-order valence-corrected chi connectivity index (χ4v) is 2.92. The molecule has 3 nitrogen and oxygen atoms in total. The molecule has 0 aromatic heterocycles. The molecule has 19 heavy (non-hydrogen) atoms. The van der Waals surface area contributed by atoms with E-state index in [2.05, 4.69) is 15.9 Å². The Balaban J connectivity index is 2.06. The number of ether oxygens (including phenoxy) is 1. The van der Waals surface area contributed by atoms with Crippen LogP contribution >= 0.6 is 15.9 Å². The van der Waals surface area contributed by atoms with Gasteiger partial charge in [-0.25, -0.2) is 0 Å². The van der Waals surface area contributed by atoms with Crippen LogP contribution in [0.4, 0.5) is 0 Å². The average Bonchev–Trinajstić information content (AvgIpc) is 2.38. The van der Waals surface area contributed by atoms with Crippen LogP contribution in [-0.4, -0.2) is 22.4 Å². The highest BCUT2D eigenvalue weighted by Gasteiger charge is 2.30. The lowest BCUT2D eigenvalue weighted by atomic mass is 9.85. The predicted octanol–water partition coefficient (Wildman–Crippen LogP) is 3.58. The van der Waals surface area contributed by atoms with Gasteiger partial charge in [0.1, 0.15) is 12.4 Å². The summed E-state index contributed by atoms with van der Waals surface area (Å²) in [6, 6.07) is 5.56. The molecule has 0 amide bonds. The van der Waals surface area contributed by atoms with Crippen LogP contribution in [0.5, 0.6) is 5.75 Å². The van der Waals surface area contributed by atoms with Crippen molar-refractivity contribution >= 4 is 15.9 Å². The van der Waals surface area contributed by atoms with Crippen molar-refractivity contribution in [1.82, 2.24) is 0 Å². The molecule has 0 saturated heterocycles. The third-order valence-corrected chi connectivity index (χ3v) is 4.20. The molecule has 0 spiro atoms.